The van der Waals surface area contributed by atoms with Crippen molar-refractivity contribution in [2.45, 2.75) is 51.2 Å². The van der Waals surface area contributed by atoms with E-state index in [0.29, 0.717) is 12.3 Å². The molecule has 112 valence electrons. The second-order valence-corrected chi connectivity index (χ2v) is 5.64. The first-order chi connectivity index (χ1) is 9.61. The Kier molecular flexibility index (Phi) is 5.12. The van der Waals surface area contributed by atoms with E-state index in [1.807, 2.05) is 25.2 Å². The predicted octanol–water partition coefficient (Wildman–Crippen LogP) is 2.80. The molecule has 4 heteroatoms. The molecular formula is C16H26N2O2. The van der Waals surface area contributed by atoms with Gasteiger partial charge in [0.25, 0.3) is 0 Å². The quantitative estimate of drug-likeness (QED) is 0.813. The first-order valence-corrected chi connectivity index (χ1v) is 7.56. The summed E-state index contributed by atoms with van der Waals surface area (Å²) in [5, 5.41) is 10.2. The van der Waals surface area contributed by atoms with E-state index in [9.17, 15) is 5.11 Å². The summed E-state index contributed by atoms with van der Waals surface area (Å²) in [6.07, 6.45) is 4.92. The smallest absolute Gasteiger partial charge is 0.123 e. The highest BCUT2D eigenvalue weighted by Gasteiger charge is 2.27. The Morgan fingerprint density at radius 1 is 1.30 bits per heavy atom. The van der Waals surface area contributed by atoms with Crippen molar-refractivity contribution >= 4 is 11.4 Å². The van der Waals surface area contributed by atoms with Crippen LogP contribution in [0.5, 0.6) is 5.75 Å². The maximum atomic E-state index is 10.2. The minimum Gasteiger partial charge on any atom is -0.493 e. The maximum absolute atomic E-state index is 10.2. The SMILES string of the molecule is CCCOc1cc(N)cc(N(C)C2CCCCC2O)c1. The molecule has 2 rings (SSSR count). The van der Waals surface area contributed by atoms with E-state index in [4.69, 9.17) is 10.5 Å². The lowest BCUT2D eigenvalue weighted by molar-refractivity contribution is 0.106. The number of nitrogens with zero attached hydrogens (tertiary/aromatic N) is 1. The van der Waals surface area contributed by atoms with Crippen LogP contribution in [0.2, 0.25) is 0 Å². The lowest BCUT2D eigenvalue weighted by Crippen LogP contribution is -2.43. The van der Waals surface area contributed by atoms with Gasteiger partial charge in [0.15, 0.2) is 0 Å². The molecule has 2 atom stereocenters. The summed E-state index contributed by atoms with van der Waals surface area (Å²) in [6, 6.07) is 5.97. The third-order valence-corrected chi connectivity index (χ3v) is 3.99. The molecule has 1 fully saturated rings. The van der Waals surface area contributed by atoms with Crippen molar-refractivity contribution in [1.29, 1.82) is 0 Å². The van der Waals surface area contributed by atoms with E-state index in [1.165, 1.54) is 6.42 Å². The number of benzene rings is 1. The van der Waals surface area contributed by atoms with Gasteiger partial charge in [0.05, 0.1) is 18.8 Å². The zero-order valence-electron chi connectivity index (χ0n) is 12.5. The van der Waals surface area contributed by atoms with E-state index in [0.717, 1.165) is 37.1 Å². The summed E-state index contributed by atoms with van der Waals surface area (Å²) in [7, 11) is 2.03. The van der Waals surface area contributed by atoms with Crippen LogP contribution in [0.15, 0.2) is 18.2 Å². The zero-order valence-corrected chi connectivity index (χ0v) is 12.5. The predicted molar refractivity (Wildman–Crippen MR) is 83.3 cm³/mol. The lowest BCUT2D eigenvalue weighted by atomic mass is 9.91. The molecule has 0 heterocycles. The molecule has 1 aromatic rings. The molecule has 1 saturated carbocycles. The van der Waals surface area contributed by atoms with Gasteiger partial charge < -0.3 is 20.5 Å². The van der Waals surface area contributed by atoms with E-state index in [-0.39, 0.29) is 12.1 Å². The van der Waals surface area contributed by atoms with Gasteiger partial charge in [-0.15, -0.1) is 0 Å². The van der Waals surface area contributed by atoms with Gasteiger partial charge >= 0.3 is 0 Å². The summed E-state index contributed by atoms with van der Waals surface area (Å²) in [5.41, 5.74) is 7.68. The number of hydrogen-bond donors (Lipinski definition) is 2. The van der Waals surface area contributed by atoms with Crippen LogP contribution in [0.3, 0.4) is 0 Å². The van der Waals surface area contributed by atoms with E-state index in [2.05, 4.69) is 11.8 Å². The molecule has 1 aliphatic rings. The van der Waals surface area contributed by atoms with Crippen molar-refractivity contribution < 1.29 is 9.84 Å². The number of aliphatic hydroxyl groups excluding tert-OH is 1. The topological polar surface area (TPSA) is 58.7 Å². The number of nitrogen functional groups attached to an aromatic ring is 1. The number of rotatable bonds is 5. The third kappa shape index (κ3) is 3.57. The Bertz CT molecular complexity index is 436. The van der Waals surface area contributed by atoms with Crippen LogP contribution >= 0.6 is 0 Å². The maximum Gasteiger partial charge on any atom is 0.123 e. The molecule has 2 unspecified atom stereocenters. The van der Waals surface area contributed by atoms with Crippen LogP contribution in [-0.2, 0) is 0 Å². The van der Waals surface area contributed by atoms with Crippen molar-refractivity contribution in [3.63, 3.8) is 0 Å². The minimum absolute atomic E-state index is 0.171. The first kappa shape index (κ1) is 15.0. The number of hydrogen-bond acceptors (Lipinski definition) is 4. The highest BCUT2D eigenvalue weighted by molar-refractivity contribution is 5.60. The van der Waals surface area contributed by atoms with E-state index < -0.39 is 0 Å². The van der Waals surface area contributed by atoms with Crippen molar-refractivity contribution in [1.82, 2.24) is 0 Å². The fourth-order valence-electron chi connectivity index (χ4n) is 2.85. The largest absolute Gasteiger partial charge is 0.493 e. The summed E-state index contributed by atoms with van der Waals surface area (Å²) >= 11 is 0. The van der Waals surface area contributed by atoms with Gasteiger partial charge in [-0.05, 0) is 25.3 Å². The van der Waals surface area contributed by atoms with Crippen LogP contribution in [0.25, 0.3) is 0 Å². The number of anilines is 2. The van der Waals surface area contributed by atoms with Crippen molar-refractivity contribution in [3.05, 3.63) is 18.2 Å². The number of nitrogens with two attached hydrogens (primary N) is 1. The van der Waals surface area contributed by atoms with Crippen LogP contribution in [-0.4, -0.2) is 30.9 Å². The van der Waals surface area contributed by atoms with Crippen molar-refractivity contribution in [2.75, 3.05) is 24.3 Å². The Labute approximate surface area is 121 Å². The molecule has 0 aliphatic heterocycles. The monoisotopic (exact) mass is 278 g/mol. The molecule has 0 radical (unpaired) electrons. The zero-order chi connectivity index (χ0) is 14.5. The lowest BCUT2D eigenvalue weighted by Gasteiger charge is -2.36. The summed E-state index contributed by atoms with van der Waals surface area (Å²) in [6.45, 7) is 2.77. The molecule has 0 aromatic heterocycles. The molecule has 4 nitrogen and oxygen atoms in total. The normalized spacial score (nSPS) is 22.6. The van der Waals surface area contributed by atoms with Gasteiger partial charge in [0, 0.05) is 30.6 Å². The second kappa shape index (κ2) is 6.84. The standard InChI is InChI=1S/C16H26N2O2/c1-3-8-20-14-10-12(17)9-13(11-14)18(2)15-6-4-5-7-16(15)19/h9-11,15-16,19H,3-8,17H2,1-2H3. The summed E-state index contributed by atoms with van der Waals surface area (Å²) in [5.74, 6) is 0.805. The average Bonchev–Trinajstić information content (AvgIpc) is 2.44. The first-order valence-electron chi connectivity index (χ1n) is 7.56. The average molecular weight is 278 g/mol. The molecule has 1 aliphatic carbocycles. The molecule has 0 bridgehead atoms. The van der Waals surface area contributed by atoms with Gasteiger partial charge in [-0.2, -0.15) is 0 Å². The van der Waals surface area contributed by atoms with Crippen LogP contribution in [0.4, 0.5) is 11.4 Å². The molecule has 0 spiro atoms. The summed E-state index contributed by atoms with van der Waals surface area (Å²) in [4.78, 5) is 2.14. The van der Waals surface area contributed by atoms with Crippen LogP contribution in [0, 0.1) is 0 Å². The fraction of sp³-hybridized carbons (Fsp3) is 0.625. The van der Waals surface area contributed by atoms with Gasteiger partial charge in [-0.25, -0.2) is 0 Å². The van der Waals surface area contributed by atoms with Gasteiger partial charge in [-0.1, -0.05) is 19.8 Å². The van der Waals surface area contributed by atoms with E-state index >= 15 is 0 Å². The Morgan fingerprint density at radius 3 is 2.75 bits per heavy atom. The number of aliphatic hydroxyl groups is 1. The minimum atomic E-state index is -0.254. The third-order valence-electron chi connectivity index (χ3n) is 3.99. The molecule has 20 heavy (non-hydrogen) atoms. The number of likely N-dealkylation sites (N-methyl/N-ethyl adjacent to an activating group) is 1. The molecular weight excluding hydrogens is 252 g/mol. The van der Waals surface area contributed by atoms with Crippen LogP contribution in [0.1, 0.15) is 39.0 Å². The molecule has 3 N–H and O–H groups in total. The second-order valence-electron chi connectivity index (χ2n) is 5.64. The van der Waals surface area contributed by atoms with Gasteiger partial charge in [0.1, 0.15) is 5.75 Å². The van der Waals surface area contributed by atoms with Crippen LogP contribution < -0.4 is 15.4 Å². The number of ether oxygens (including phenoxy) is 1. The molecule has 0 amide bonds. The Hall–Kier alpha value is -1.42. The van der Waals surface area contributed by atoms with Crippen molar-refractivity contribution in [3.8, 4) is 5.75 Å². The highest BCUT2D eigenvalue weighted by Crippen LogP contribution is 2.30. The van der Waals surface area contributed by atoms with Gasteiger partial charge in [0.2, 0.25) is 0 Å². The van der Waals surface area contributed by atoms with E-state index in [1.54, 1.807) is 0 Å². The fourth-order valence-corrected chi connectivity index (χ4v) is 2.85. The van der Waals surface area contributed by atoms with Crippen molar-refractivity contribution in [2.24, 2.45) is 0 Å². The molecule has 1 aromatic carbocycles. The Balaban J connectivity index is 2.15. The molecule has 0 saturated heterocycles. The van der Waals surface area contributed by atoms with Gasteiger partial charge in [-0.3, -0.25) is 0 Å². The summed E-state index contributed by atoms with van der Waals surface area (Å²) < 4.78 is 5.67. The Morgan fingerprint density at radius 2 is 2.05 bits per heavy atom. The highest BCUT2D eigenvalue weighted by atomic mass is 16.5.